The van der Waals surface area contributed by atoms with Crippen LogP contribution in [-0.2, 0) is 0 Å². The van der Waals surface area contributed by atoms with Crippen molar-refractivity contribution in [2.75, 3.05) is 16.8 Å². The van der Waals surface area contributed by atoms with Crippen LogP contribution in [-0.4, -0.2) is 27.5 Å². The molecule has 154 valence electrons. The van der Waals surface area contributed by atoms with E-state index in [2.05, 4.69) is 41.0 Å². The summed E-state index contributed by atoms with van der Waals surface area (Å²) in [6.45, 7) is 7.47. The molecule has 1 aromatic heterocycles. The number of nitrogens with one attached hydrogen (secondary N) is 1. The van der Waals surface area contributed by atoms with Gasteiger partial charge in [0, 0.05) is 18.3 Å². The number of halogens is 2. The zero-order chi connectivity index (χ0) is 21.0. The van der Waals surface area contributed by atoms with Crippen LogP contribution in [0.4, 0.5) is 27.4 Å². The number of rotatable bonds is 4. The Kier molecular flexibility index (Phi) is 4.64. The molecule has 1 aliphatic heterocycles. The highest BCUT2D eigenvalue weighted by Gasteiger charge is 2.51. The third kappa shape index (κ3) is 3.73. The van der Waals surface area contributed by atoms with Crippen LogP contribution in [0.3, 0.4) is 0 Å². The average molecular weight is 420 g/mol. The standard InChI is InChI=1S/C20H23ClFN5O2/c1-19(2)7-13-8-20(3,9-19)10-26(13)18-16(27(28)29)17(23-11-24-18)25-12-4-5-15(22)14(21)6-12/h4-6,11,13H,7-10H2,1-3H3,(H,23,24,25). The molecule has 0 radical (unpaired) electrons. The van der Waals surface area contributed by atoms with Gasteiger partial charge in [-0.2, -0.15) is 0 Å². The largest absolute Gasteiger partial charge is 0.353 e. The molecule has 29 heavy (non-hydrogen) atoms. The number of aromatic nitrogens is 2. The normalized spacial score (nSPS) is 25.1. The van der Waals surface area contributed by atoms with E-state index in [0.29, 0.717) is 11.5 Å². The van der Waals surface area contributed by atoms with Crippen LogP contribution >= 0.6 is 11.6 Å². The van der Waals surface area contributed by atoms with Crippen LogP contribution in [0.15, 0.2) is 24.5 Å². The molecule has 9 heteroatoms. The van der Waals surface area contributed by atoms with Crippen LogP contribution in [0.5, 0.6) is 0 Å². The highest BCUT2D eigenvalue weighted by atomic mass is 35.5. The fourth-order valence-electron chi connectivity index (χ4n) is 5.26. The SMILES string of the molecule is CC1(C)CC2CC(C)(CN2c2ncnc(Nc3ccc(F)c(Cl)c3)c2[N+](=O)[O-])C1. The summed E-state index contributed by atoms with van der Waals surface area (Å²) in [5.74, 6) is -0.170. The van der Waals surface area contributed by atoms with E-state index >= 15 is 0 Å². The van der Waals surface area contributed by atoms with Crippen LogP contribution in [0, 0.1) is 26.8 Å². The summed E-state index contributed by atoms with van der Waals surface area (Å²) >= 11 is 5.83. The van der Waals surface area contributed by atoms with E-state index in [1.807, 2.05) is 0 Å². The van der Waals surface area contributed by atoms with E-state index in [1.165, 1.54) is 24.5 Å². The Morgan fingerprint density at radius 1 is 1.31 bits per heavy atom. The number of benzene rings is 1. The Bertz CT molecular complexity index is 985. The second kappa shape index (κ2) is 6.79. The fraction of sp³-hybridized carbons (Fsp3) is 0.500. The van der Waals surface area contributed by atoms with Crippen molar-refractivity contribution < 1.29 is 9.31 Å². The molecule has 2 aliphatic rings. The molecule has 2 heterocycles. The Balaban J connectivity index is 1.73. The van der Waals surface area contributed by atoms with Crippen molar-refractivity contribution in [3.8, 4) is 0 Å². The van der Waals surface area contributed by atoms with Gasteiger partial charge >= 0.3 is 5.69 Å². The molecule has 1 aliphatic carbocycles. The van der Waals surface area contributed by atoms with Crippen molar-refractivity contribution in [2.45, 2.75) is 46.1 Å². The molecule has 1 N–H and O–H groups in total. The van der Waals surface area contributed by atoms with Crippen molar-refractivity contribution in [3.05, 3.63) is 45.5 Å². The van der Waals surface area contributed by atoms with E-state index in [-0.39, 0.29) is 33.4 Å². The first-order valence-electron chi connectivity index (χ1n) is 9.55. The van der Waals surface area contributed by atoms with Gasteiger partial charge in [-0.1, -0.05) is 32.4 Å². The molecule has 2 atom stereocenters. The summed E-state index contributed by atoms with van der Waals surface area (Å²) < 4.78 is 13.4. The van der Waals surface area contributed by atoms with Gasteiger partial charge < -0.3 is 10.2 Å². The first-order chi connectivity index (χ1) is 13.6. The van der Waals surface area contributed by atoms with Crippen LogP contribution < -0.4 is 10.2 Å². The summed E-state index contributed by atoms with van der Waals surface area (Å²) in [7, 11) is 0. The maximum atomic E-state index is 13.4. The molecule has 2 aromatic rings. The molecular weight excluding hydrogens is 397 g/mol. The van der Waals surface area contributed by atoms with Crippen molar-refractivity contribution in [3.63, 3.8) is 0 Å². The van der Waals surface area contributed by atoms with Gasteiger partial charge in [-0.25, -0.2) is 14.4 Å². The number of hydrogen-bond acceptors (Lipinski definition) is 6. The van der Waals surface area contributed by atoms with Gasteiger partial charge in [-0.15, -0.1) is 0 Å². The highest BCUT2D eigenvalue weighted by molar-refractivity contribution is 6.31. The maximum absolute atomic E-state index is 13.4. The van der Waals surface area contributed by atoms with Crippen LogP contribution in [0.2, 0.25) is 5.02 Å². The lowest BCUT2D eigenvalue weighted by atomic mass is 9.65. The van der Waals surface area contributed by atoms with Gasteiger partial charge in [0.1, 0.15) is 12.1 Å². The Morgan fingerprint density at radius 2 is 2.07 bits per heavy atom. The Labute approximate surface area is 173 Å². The van der Waals surface area contributed by atoms with Gasteiger partial charge in [0.05, 0.1) is 9.95 Å². The highest BCUT2D eigenvalue weighted by Crippen LogP contribution is 2.54. The summed E-state index contributed by atoms with van der Waals surface area (Å²) in [5.41, 5.74) is 0.517. The Hall–Kier alpha value is -2.48. The molecule has 2 unspecified atom stereocenters. The van der Waals surface area contributed by atoms with Gasteiger partial charge in [0.2, 0.25) is 11.6 Å². The van der Waals surface area contributed by atoms with Crippen molar-refractivity contribution in [1.82, 2.24) is 9.97 Å². The minimum absolute atomic E-state index is 0.0635. The topological polar surface area (TPSA) is 84.2 Å². The summed E-state index contributed by atoms with van der Waals surface area (Å²) in [4.78, 5) is 22.0. The maximum Gasteiger partial charge on any atom is 0.353 e. The number of hydrogen-bond donors (Lipinski definition) is 1. The molecule has 1 aromatic carbocycles. The van der Waals surface area contributed by atoms with Crippen molar-refractivity contribution in [1.29, 1.82) is 0 Å². The lowest BCUT2D eigenvalue weighted by Crippen LogP contribution is -2.35. The minimum atomic E-state index is -0.560. The number of anilines is 3. The van der Waals surface area contributed by atoms with Crippen molar-refractivity contribution >= 4 is 34.6 Å². The second-order valence-electron chi connectivity index (χ2n) is 9.25. The predicted octanol–water partition coefficient (Wildman–Crippen LogP) is 5.33. The van der Waals surface area contributed by atoms with E-state index in [9.17, 15) is 14.5 Å². The quantitative estimate of drug-likeness (QED) is 0.532. The zero-order valence-electron chi connectivity index (χ0n) is 16.6. The van der Waals surface area contributed by atoms with Crippen LogP contribution in [0.1, 0.15) is 40.0 Å². The van der Waals surface area contributed by atoms with E-state index < -0.39 is 10.7 Å². The molecular formula is C20H23ClFN5O2. The lowest BCUT2D eigenvalue weighted by molar-refractivity contribution is -0.383. The first kappa shape index (κ1) is 19.8. The molecule has 2 fully saturated rings. The van der Waals surface area contributed by atoms with Gasteiger partial charge in [0.15, 0.2) is 0 Å². The van der Waals surface area contributed by atoms with Gasteiger partial charge in [-0.05, 0) is 48.3 Å². The van der Waals surface area contributed by atoms with Gasteiger partial charge in [-0.3, -0.25) is 10.1 Å². The van der Waals surface area contributed by atoms with E-state index in [0.717, 1.165) is 25.8 Å². The molecule has 2 bridgehead atoms. The first-order valence-corrected chi connectivity index (χ1v) is 9.93. The minimum Gasteiger partial charge on any atom is -0.347 e. The predicted molar refractivity (Wildman–Crippen MR) is 110 cm³/mol. The second-order valence-corrected chi connectivity index (χ2v) is 9.65. The lowest BCUT2D eigenvalue weighted by Gasteiger charge is -2.39. The zero-order valence-corrected chi connectivity index (χ0v) is 17.3. The number of fused-ring (bicyclic) bond motifs is 2. The molecule has 1 saturated heterocycles. The van der Waals surface area contributed by atoms with E-state index in [4.69, 9.17) is 11.6 Å². The third-order valence-electron chi connectivity index (χ3n) is 5.85. The summed E-state index contributed by atoms with van der Waals surface area (Å²) in [5, 5.41) is 14.8. The fourth-order valence-corrected chi connectivity index (χ4v) is 5.44. The molecule has 7 nitrogen and oxygen atoms in total. The molecule has 0 amide bonds. The number of nitro groups is 1. The Morgan fingerprint density at radius 3 is 2.76 bits per heavy atom. The van der Waals surface area contributed by atoms with E-state index in [1.54, 1.807) is 0 Å². The van der Waals surface area contributed by atoms with Crippen molar-refractivity contribution in [2.24, 2.45) is 10.8 Å². The monoisotopic (exact) mass is 419 g/mol. The summed E-state index contributed by atoms with van der Waals surface area (Å²) in [6, 6.07) is 4.23. The smallest absolute Gasteiger partial charge is 0.347 e. The summed E-state index contributed by atoms with van der Waals surface area (Å²) in [6.07, 6.45) is 4.35. The molecule has 1 saturated carbocycles. The third-order valence-corrected chi connectivity index (χ3v) is 6.14. The van der Waals surface area contributed by atoms with Gasteiger partial charge in [0.25, 0.3) is 0 Å². The van der Waals surface area contributed by atoms with Crippen LogP contribution in [0.25, 0.3) is 0 Å². The molecule has 0 spiro atoms. The average Bonchev–Trinajstić information content (AvgIpc) is 2.86. The molecule has 4 rings (SSSR count). The number of nitrogens with zero attached hydrogens (tertiary/aromatic N) is 4.